The standard InChI is InChI=1S/C15H24N2O/c1-12(2)6-9-18-10-8-17-7-5-13-3-4-14(16)11-15(13)17/h3-4,11-12H,5-10,16H2,1-2H3. The summed E-state index contributed by atoms with van der Waals surface area (Å²) in [7, 11) is 0. The summed E-state index contributed by atoms with van der Waals surface area (Å²) in [5.74, 6) is 0.720. The van der Waals surface area contributed by atoms with E-state index >= 15 is 0 Å². The summed E-state index contributed by atoms with van der Waals surface area (Å²) >= 11 is 0. The molecule has 100 valence electrons. The predicted molar refractivity (Wildman–Crippen MR) is 77.0 cm³/mol. The van der Waals surface area contributed by atoms with Gasteiger partial charge in [-0.1, -0.05) is 19.9 Å². The lowest BCUT2D eigenvalue weighted by atomic mass is 10.1. The third kappa shape index (κ3) is 3.39. The zero-order valence-electron chi connectivity index (χ0n) is 11.5. The Bertz CT molecular complexity index is 390. The van der Waals surface area contributed by atoms with Gasteiger partial charge in [-0.25, -0.2) is 0 Å². The molecule has 0 spiro atoms. The van der Waals surface area contributed by atoms with Crippen LogP contribution in [-0.2, 0) is 11.2 Å². The van der Waals surface area contributed by atoms with E-state index in [1.807, 2.05) is 6.07 Å². The molecule has 3 nitrogen and oxygen atoms in total. The molecule has 0 amide bonds. The highest BCUT2D eigenvalue weighted by molar-refractivity contribution is 5.64. The molecule has 0 bridgehead atoms. The van der Waals surface area contributed by atoms with Gasteiger partial charge in [0.05, 0.1) is 6.61 Å². The number of nitrogens with two attached hydrogens (primary N) is 1. The van der Waals surface area contributed by atoms with Crippen LogP contribution in [0.15, 0.2) is 18.2 Å². The number of benzene rings is 1. The molecule has 0 atom stereocenters. The van der Waals surface area contributed by atoms with Crippen molar-refractivity contribution in [1.82, 2.24) is 0 Å². The van der Waals surface area contributed by atoms with Crippen LogP contribution in [-0.4, -0.2) is 26.3 Å². The lowest BCUT2D eigenvalue weighted by Gasteiger charge is -2.19. The third-order valence-electron chi connectivity index (χ3n) is 3.45. The minimum Gasteiger partial charge on any atom is -0.399 e. The fraction of sp³-hybridized carbons (Fsp3) is 0.600. The van der Waals surface area contributed by atoms with Crippen molar-refractivity contribution in [2.24, 2.45) is 5.92 Å². The molecule has 18 heavy (non-hydrogen) atoms. The SMILES string of the molecule is CC(C)CCOCCN1CCc2ccc(N)cc21. The van der Waals surface area contributed by atoms with Crippen molar-refractivity contribution in [3.8, 4) is 0 Å². The molecule has 3 heteroatoms. The molecule has 0 unspecified atom stereocenters. The fourth-order valence-corrected chi connectivity index (χ4v) is 2.29. The minimum atomic E-state index is 0.720. The summed E-state index contributed by atoms with van der Waals surface area (Å²) in [6.07, 6.45) is 2.27. The van der Waals surface area contributed by atoms with Crippen LogP contribution < -0.4 is 10.6 Å². The van der Waals surface area contributed by atoms with E-state index in [1.165, 1.54) is 11.3 Å². The number of ether oxygens (including phenoxy) is 1. The molecule has 0 saturated carbocycles. The van der Waals surface area contributed by atoms with Gasteiger partial charge in [-0.3, -0.25) is 0 Å². The molecule has 2 rings (SSSR count). The summed E-state index contributed by atoms with van der Waals surface area (Å²) in [5, 5.41) is 0. The highest BCUT2D eigenvalue weighted by Crippen LogP contribution is 2.29. The maximum Gasteiger partial charge on any atom is 0.0641 e. The molecule has 0 fully saturated rings. The van der Waals surface area contributed by atoms with Crippen molar-refractivity contribution in [2.45, 2.75) is 26.7 Å². The van der Waals surface area contributed by atoms with Crippen LogP contribution >= 0.6 is 0 Å². The zero-order chi connectivity index (χ0) is 13.0. The van der Waals surface area contributed by atoms with Crippen LogP contribution in [0.25, 0.3) is 0 Å². The lowest BCUT2D eigenvalue weighted by molar-refractivity contribution is 0.129. The van der Waals surface area contributed by atoms with Crippen LogP contribution in [0, 0.1) is 5.92 Å². The normalized spacial score (nSPS) is 14.3. The average molecular weight is 248 g/mol. The molecule has 1 aliphatic heterocycles. The first-order valence-electron chi connectivity index (χ1n) is 6.88. The second-order valence-electron chi connectivity index (χ2n) is 5.42. The Morgan fingerprint density at radius 3 is 2.94 bits per heavy atom. The molecule has 1 aromatic rings. The average Bonchev–Trinajstić information content (AvgIpc) is 2.71. The van der Waals surface area contributed by atoms with E-state index in [4.69, 9.17) is 10.5 Å². The van der Waals surface area contributed by atoms with Gasteiger partial charge in [0.25, 0.3) is 0 Å². The summed E-state index contributed by atoms with van der Waals surface area (Å²) in [5.41, 5.74) is 9.40. The number of hydrogen-bond donors (Lipinski definition) is 1. The Balaban J connectivity index is 1.77. The Labute approximate surface area is 110 Å². The first-order chi connectivity index (χ1) is 8.66. The summed E-state index contributed by atoms with van der Waals surface area (Å²) < 4.78 is 5.68. The molecule has 0 aromatic heterocycles. The minimum absolute atomic E-state index is 0.720. The van der Waals surface area contributed by atoms with Crippen LogP contribution in [0.3, 0.4) is 0 Å². The van der Waals surface area contributed by atoms with E-state index in [9.17, 15) is 0 Å². The van der Waals surface area contributed by atoms with Crippen LogP contribution in [0.4, 0.5) is 11.4 Å². The predicted octanol–water partition coefficient (Wildman–Crippen LogP) is 2.69. The fourth-order valence-electron chi connectivity index (χ4n) is 2.29. The van der Waals surface area contributed by atoms with Crippen LogP contribution in [0.5, 0.6) is 0 Å². The van der Waals surface area contributed by atoms with Crippen LogP contribution in [0.2, 0.25) is 0 Å². The molecule has 0 radical (unpaired) electrons. The second-order valence-corrected chi connectivity index (χ2v) is 5.42. The third-order valence-corrected chi connectivity index (χ3v) is 3.45. The Hall–Kier alpha value is -1.22. The number of nitrogens with zero attached hydrogens (tertiary/aromatic N) is 1. The molecule has 1 aliphatic rings. The molecular formula is C15H24N2O. The highest BCUT2D eigenvalue weighted by atomic mass is 16.5. The van der Waals surface area contributed by atoms with Gasteiger partial charge in [0.1, 0.15) is 0 Å². The van der Waals surface area contributed by atoms with E-state index in [0.717, 1.165) is 50.8 Å². The summed E-state index contributed by atoms with van der Waals surface area (Å²) in [4.78, 5) is 2.38. The van der Waals surface area contributed by atoms with Gasteiger partial charge < -0.3 is 15.4 Å². The van der Waals surface area contributed by atoms with E-state index in [-0.39, 0.29) is 0 Å². The van der Waals surface area contributed by atoms with E-state index in [2.05, 4.69) is 30.9 Å². The number of rotatable bonds is 6. The van der Waals surface area contributed by atoms with Crippen molar-refractivity contribution in [3.05, 3.63) is 23.8 Å². The van der Waals surface area contributed by atoms with Crippen molar-refractivity contribution in [1.29, 1.82) is 0 Å². The summed E-state index contributed by atoms with van der Waals surface area (Å²) in [6.45, 7) is 8.18. The van der Waals surface area contributed by atoms with Crippen molar-refractivity contribution in [2.75, 3.05) is 36.9 Å². The first-order valence-corrected chi connectivity index (χ1v) is 6.88. The van der Waals surface area contributed by atoms with Crippen molar-refractivity contribution >= 4 is 11.4 Å². The molecular weight excluding hydrogens is 224 g/mol. The van der Waals surface area contributed by atoms with Gasteiger partial charge in [0.2, 0.25) is 0 Å². The molecule has 0 saturated heterocycles. The zero-order valence-corrected chi connectivity index (χ0v) is 11.5. The quantitative estimate of drug-likeness (QED) is 0.621. The number of anilines is 2. The Kier molecular flexibility index (Phi) is 4.48. The largest absolute Gasteiger partial charge is 0.399 e. The second kappa shape index (κ2) is 6.10. The maximum atomic E-state index is 5.84. The van der Waals surface area contributed by atoms with E-state index in [0.29, 0.717) is 0 Å². The van der Waals surface area contributed by atoms with Gasteiger partial charge in [-0.15, -0.1) is 0 Å². The van der Waals surface area contributed by atoms with Gasteiger partial charge in [-0.2, -0.15) is 0 Å². The van der Waals surface area contributed by atoms with Gasteiger partial charge in [-0.05, 0) is 36.5 Å². The molecule has 0 aliphatic carbocycles. The van der Waals surface area contributed by atoms with Crippen molar-refractivity contribution in [3.63, 3.8) is 0 Å². The van der Waals surface area contributed by atoms with Gasteiger partial charge in [0, 0.05) is 31.1 Å². The van der Waals surface area contributed by atoms with E-state index in [1.54, 1.807) is 0 Å². The molecule has 1 aromatic carbocycles. The maximum absolute atomic E-state index is 5.84. The van der Waals surface area contributed by atoms with Crippen LogP contribution in [0.1, 0.15) is 25.8 Å². The lowest BCUT2D eigenvalue weighted by Crippen LogP contribution is -2.25. The highest BCUT2D eigenvalue weighted by Gasteiger charge is 2.18. The Morgan fingerprint density at radius 1 is 1.33 bits per heavy atom. The number of nitrogen functional groups attached to an aromatic ring is 1. The monoisotopic (exact) mass is 248 g/mol. The number of hydrogen-bond acceptors (Lipinski definition) is 3. The number of fused-ring (bicyclic) bond motifs is 1. The smallest absolute Gasteiger partial charge is 0.0641 e. The molecule has 2 N–H and O–H groups in total. The van der Waals surface area contributed by atoms with Crippen molar-refractivity contribution < 1.29 is 4.74 Å². The first kappa shape index (κ1) is 13.2. The Morgan fingerprint density at radius 2 is 2.17 bits per heavy atom. The summed E-state index contributed by atoms with van der Waals surface area (Å²) in [6, 6.07) is 6.21. The van der Waals surface area contributed by atoms with Gasteiger partial charge in [0.15, 0.2) is 0 Å². The topological polar surface area (TPSA) is 38.5 Å². The molecule has 1 heterocycles. The van der Waals surface area contributed by atoms with E-state index < -0.39 is 0 Å². The van der Waals surface area contributed by atoms with Gasteiger partial charge >= 0.3 is 0 Å².